The smallest absolute Gasteiger partial charge is 0.308 e. The van der Waals surface area contributed by atoms with Gasteiger partial charge in [0.05, 0.1) is 5.92 Å². The molecule has 2 atom stereocenters. The number of aliphatic carboxylic acids is 1. The fourth-order valence-electron chi connectivity index (χ4n) is 1.77. The summed E-state index contributed by atoms with van der Waals surface area (Å²) in [5.74, 6) is -0.808. The van der Waals surface area contributed by atoms with E-state index >= 15 is 0 Å². The maximum Gasteiger partial charge on any atom is 0.308 e. The van der Waals surface area contributed by atoms with Gasteiger partial charge < -0.3 is 10.4 Å². The predicted molar refractivity (Wildman–Crippen MR) is 42.4 cm³/mol. The normalized spacial score (nSPS) is 31.7. The standard InChI is InChI=1S/C8H15NO2/c1-9-7-5-3-2-4-6(7)8(10)11/h6-7,9H,2-5H2,1H3,(H,10,11)/t6-,7-/m1/s1. The Bertz CT molecular complexity index is 147. The number of carboxylic acid groups (broad SMARTS) is 1. The van der Waals surface area contributed by atoms with Crippen LogP contribution in [0.5, 0.6) is 0 Å². The van der Waals surface area contributed by atoms with Gasteiger partial charge in [-0.05, 0) is 19.9 Å². The van der Waals surface area contributed by atoms with Crippen LogP contribution in [0.1, 0.15) is 25.7 Å². The lowest BCUT2D eigenvalue weighted by Crippen LogP contribution is -2.40. The summed E-state index contributed by atoms with van der Waals surface area (Å²) >= 11 is 0. The average molecular weight is 157 g/mol. The van der Waals surface area contributed by atoms with Crippen molar-refractivity contribution in [2.24, 2.45) is 5.92 Å². The lowest BCUT2D eigenvalue weighted by atomic mass is 9.85. The van der Waals surface area contributed by atoms with Gasteiger partial charge in [0, 0.05) is 6.04 Å². The molecule has 1 fully saturated rings. The van der Waals surface area contributed by atoms with Crippen LogP contribution in [0, 0.1) is 5.92 Å². The second-order valence-corrected chi connectivity index (χ2v) is 3.12. The van der Waals surface area contributed by atoms with Gasteiger partial charge in [-0.15, -0.1) is 0 Å². The average Bonchev–Trinajstić information content (AvgIpc) is 2.04. The van der Waals surface area contributed by atoms with Crippen LogP contribution in [0.15, 0.2) is 0 Å². The number of hydrogen-bond acceptors (Lipinski definition) is 2. The zero-order chi connectivity index (χ0) is 8.27. The molecule has 0 aromatic heterocycles. The quantitative estimate of drug-likeness (QED) is 0.624. The number of rotatable bonds is 2. The Hall–Kier alpha value is -0.570. The third-order valence-corrected chi connectivity index (χ3v) is 2.45. The molecule has 11 heavy (non-hydrogen) atoms. The highest BCUT2D eigenvalue weighted by molar-refractivity contribution is 5.71. The second-order valence-electron chi connectivity index (χ2n) is 3.12. The molecule has 1 aliphatic carbocycles. The first-order valence-electron chi connectivity index (χ1n) is 4.15. The maximum absolute atomic E-state index is 10.7. The molecule has 0 aromatic carbocycles. The molecule has 0 aromatic rings. The highest BCUT2D eigenvalue weighted by Crippen LogP contribution is 2.23. The first-order valence-corrected chi connectivity index (χ1v) is 4.15. The Labute approximate surface area is 66.8 Å². The van der Waals surface area contributed by atoms with Crippen molar-refractivity contribution in [3.05, 3.63) is 0 Å². The summed E-state index contributed by atoms with van der Waals surface area (Å²) in [6.07, 6.45) is 4.07. The molecular formula is C8H15NO2. The van der Waals surface area contributed by atoms with Crippen LogP contribution >= 0.6 is 0 Å². The van der Waals surface area contributed by atoms with E-state index in [1.807, 2.05) is 7.05 Å². The van der Waals surface area contributed by atoms with E-state index in [4.69, 9.17) is 5.11 Å². The Kier molecular flexibility index (Phi) is 2.88. The fourth-order valence-corrected chi connectivity index (χ4v) is 1.77. The molecule has 1 saturated carbocycles. The van der Waals surface area contributed by atoms with E-state index in [-0.39, 0.29) is 12.0 Å². The summed E-state index contributed by atoms with van der Waals surface area (Å²) in [7, 11) is 1.84. The van der Waals surface area contributed by atoms with Crippen molar-refractivity contribution in [2.75, 3.05) is 7.05 Å². The molecule has 64 valence electrons. The molecule has 0 bridgehead atoms. The Morgan fingerprint density at radius 1 is 1.45 bits per heavy atom. The van der Waals surface area contributed by atoms with E-state index in [0.29, 0.717) is 0 Å². The number of carboxylic acids is 1. The minimum Gasteiger partial charge on any atom is -0.481 e. The van der Waals surface area contributed by atoms with Crippen molar-refractivity contribution >= 4 is 5.97 Å². The first-order chi connectivity index (χ1) is 5.25. The Balaban J connectivity index is 2.51. The monoisotopic (exact) mass is 157 g/mol. The molecule has 0 aliphatic heterocycles. The van der Waals surface area contributed by atoms with E-state index in [9.17, 15) is 4.79 Å². The highest BCUT2D eigenvalue weighted by Gasteiger charge is 2.29. The summed E-state index contributed by atoms with van der Waals surface area (Å²) in [5.41, 5.74) is 0. The summed E-state index contributed by atoms with van der Waals surface area (Å²) in [4.78, 5) is 10.7. The van der Waals surface area contributed by atoms with Gasteiger partial charge >= 0.3 is 5.97 Å². The third kappa shape index (κ3) is 1.93. The predicted octanol–water partition coefficient (Wildman–Crippen LogP) is 0.849. The summed E-state index contributed by atoms with van der Waals surface area (Å²) in [5, 5.41) is 11.9. The van der Waals surface area contributed by atoms with Crippen molar-refractivity contribution in [1.82, 2.24) is 5.32 Å². The maximum atomic E-state index is 10.7. The minimum atomic E-state index is -0.649. The zero-order valence-corrected chi connectivity index (χ0v) is 6.84. The molecule has 0 unspecified atom stereocenters. The third-order valence-electron chi connectivity index (χ3n) is 2.45. The SMILES string of the molecule is CN[C@@H]1CCCC[C@H]1C(=O)O. The number of carbonyl (C=O) groups is 1. The van der Waals surface area contributed by atoms with Crippen LogP contribution in [0.4, 0.5) is 0 Å². The Morgan fingerprint density at radius 2 is 2.09 bits per heavy atom. The van der Waals surface area contributed by atoms with Gasteiger partial charge in [0.1, 0.15) is 0 Å². The molecule has 0 saturated heterocycles. The lowest BCUT2D eigenvalue weighted by Gasteiger charge is -2.27. The van der Waals surface area contributed by atoms with Crippen LogP contribution < -0.4 is 5.32 Å². The van der Waals surface area contributed by atoms with Crippen LogP contribution in [0.2, 0.25) is 0 Å². The molecule has 0 radical (unpaired) electrons. The van der Waals surface area contributed by atoms with Crippen molar-refractivity contribution in [3.8, 4) is 0 Å². The molecule has 0 heterocycles. The molecule has 0 spiro atoms. The van der Waals surface area contributed by atoms with Crippen molar-refractivity contribution in [1.29, 1.82) is 0 Å². The minimum absolute atomic E-state index is 0.159. The van der Waals surface area contributed by atoms with Crippen LogP contribution in [0.25, 0.3) is 0 Å². The molecular weight excluding hydrogens is 142 g/mol. The van der Waals surface area contributed by atoms with E-state index in [1.54, 1.807) is 0 Å². The molecule has 2 N–H and O–H groups in total. The first kappa shape index (κ1) is 8.53. The van der Waals surface area contributed by atoms with Gasteiger partial charge in [0.25, 0.3) is 0 Å². The zero-order valence-electron chi connectivity index (χ0n) is 6.84. The van der Waals surface area contributed by atoms with Gasteiger partial charge in [-0.1, -0.05) is 12.8 Å². The molecule has 3 heteroatoms. The molecule has 0 amide bonds. The Morgan fingerprint density at radius 3 is 2.55 bits per heavy atom. The van der Waals surface area contributed by atoms with Crippen molar-refractivity contribution < 1.29 is 9.90 Å². The molecule has 3 nitrogen and oxygen atoms in total. The van der Waals surface area contributed by atoms with Crippen LogP contribution in [0.3, 0.4) is 0 Å². The molecule has 1 aliphatic rings. The fraction of sp³-hybridized carbons (Fsp3) is 0.875. The summed E-state index contributed by atoms with van der Waals surface area (Å²) in [6.45, 7) is 0. The van der Waals surface area contributed by atoms with E-state index in [2.05, 4.69) is 5.32 Å². The van der Waals surface area contributed by atoms with Gasteiger partial charge in [-0.3, -0.25) is 4.79 Å². The number of nitrogens with one attached hydrogen (secondary N) is 1. The van der Waals surface area contributed by atoms with Crippen LogP contribution in [-0.2, 0) is 4.79 Å². The summed E-state index contributed by atoms with van der Waals surface area (Å²) in [6, 6.07) is 0.196. The van der Waals surface area contributed by atoms with Gasteiger partial charge in [-0.2, -0.15) is 0 Å². The largest absolute Gasteiger partial charge is 0.481 e. The van der Waals surface area contributed by atoms with Gasteiger partial charge in [0.15, 0.2) is 0 Å². The van der Waals surface area contributed by atoms with Crippen molar-refractivity contribution in [2.45, 2.75) is 31.7 Å². The molecule has 1 rings (SSSR count). The van der Waals surface area contributed by atoms with Gasteiger partial charge in [0.2, 0.25) is 0 Å². The summed E-state index contributed by atoms with van der Waals surface area (Å²) < 4.78 is 0. The number of hydrogen-bond donors (Lipinski definition) is 2. The topological polar surface area (TPSA) is 49.3 Å². The van der Waals surface area contributed by atoms with E-state index in [0.717, 1.165) is 25.7 Å². The van der Waals surface area contributed by atoms with E-state index < -0.39 is 5.97 Å². The van der Waals surface area contributed by atoms with Gasteiger partial charge in [-0.25, -0.2) is 0 Å². The van der Waals surface area contributed by atoms with E-state index in [1.165, 1.54) is 0 Å². The van der Waals surface area contributed by atoms with Crippen LogP contribution in [-0.4, -0.2) is 24.2 Å². The van der Waals surface area contributed by atoms with Crippen molar-refractivity contribution in [3.63, 3.8) is 0 Å². The second kappa shape index (κ2) is 3.72. The highest BCUT2D eigenvalue weighted by atomic mass is 16.4. The lowest BCUT2D eigenvalue weighted by molar-refractivity contribution is -0.143.